The van der Waals surface area contributed by atoms with Crippen LogP contribution in [-0.2, 0) is 11.3 Å². The van der Waals surface area contributed by atoms with E-state index in [0.29, 0.717) is 36.6 Å². The second kappa shape index (κ2) is 10.5. The summed E-state index contributed by atoms with van der Waals surface area (Å²) in [5.41, 5.74) is 2.03. The first-order valence-electron chi connectivity index (χ1n) is 13.8. The molecule has 2 aromatic heterocycles. The van der Waals surface area contributed by atoms with Gasteiger partial charge < -0.3 is 9.64 Å². The van der Waals surface area contributed by atoms with Crippen molar-refractivity contribution in [1.29, 1.82) is 0 Å². The smallest absolute Gasteiger partial charge is 0.248 e. The van der Waals surface area contributed by atoms with Gasteiger partial charge in [-0.1, -0.05) is 24.3 Å². The Kier molecular flexibility index (Phi) is 7.18. The summed E-state index contributed by atoms with van der Waals surface area (Å²) in [6, 6.07) is 6.12. The molecule has 0 amide bonds. The van der Waals surface area contributed by atoms with Gasteiger partial charge in [-0.3, -0.25) is 4.90 Å². The minimum atomic E-state index is -2.64. The fourth-order valence-electron chi connectivity index (χ4n) is 6.51. The van der Waals surface area contributed by atoms with Crippen molar-refractivity contribution in [3.05, 3.63) is 40.9 Å². The van der Waals surface area contributed by atoms with Crippen molar-refractivity contribution in [3.63, 3.8) is 0 Å². The fourth-order valence-corrected chi connectivity index (χ4v) is 6.67. The van der Waals surface area contributed by atoms with E-state index in [0.717, 1.165) is 31.4 Å². The maximum absolute atomic E-state index is 14.0. The summed E-state index contributed by atoms with van der Waals surface area (Å²) in [6.45, 7) is 6.72. The molecule has 3 fully saturated rings. The molecule has 1 saturated carbocycles. The van der Waals surface area contributed by atoms with Crippen LogP contribution in [0.1, 0.15) is 57.6 Å². The van der Waals surface area contributed by atoms with Crippen LogP contribution in [-0.4, -0.2) is 73.7 Å². The Hall–Kier alpha value is -2.50. The number of hydrogen-bond acceptors (Lipinski definition) is 7. The first kappa shape index (κ1) is 26.7. The minimum Gasteiger partial charge on any atom is -0.376 e. The number of anilines is 1. The molecule has 12 heteroatoms. The Bertz CT molecular complexity index is 1310. The lowest BCUT2D eigenvalue weighted by Crippen LogP contribution is -2.60. The van der Waals surface area contributed by atoms with Gasteiger partial charge in [0.1, 0.15) is 5.82 Å². The number of benzene rings is 1. The van der Waals surface area contributed by atoms with E-state index in [9.17, 15) is 13.2 Å². The predicted octanol–water partition coefficient (Wildman–Crippen LogP) is 5.27. The van der Waals surface area contributed by atoms with E-state index in [1.54, 1.807) is 16.8 Å². The van der Waals surface area contributed by atoms with E-state index in [1.165, 1.54) is 12.1 Å². The summed E-state index contributed by atoms with van der Waals surface area (Å²) in [5, 5.41) is 8.91. The van der Waals surface area contributed by atoms with Gasteiger partial charge in [0.15, 0.2) is 17.0 Å². The predicted molar refractivity (Wildman–Crippen MR) is 142 cm³/mol. The number of piperazine rings is 1. The number of hydrogen-bond donors (Lipinski definition) is 0. The molecule has 2 aliphatic heterocycles. The van der Waals surface area contributed by atoms with Crippen LogP contribution < -0.4 is 4.90 Å². The molecule has 39 heavy (non-hydrogen) atoms. The van der Waals surface area contributed by atoms with Crippen molar-refractivity contribution in [3.8, 4) is 0 Å². The van der Waals surface area contributed by atoms with Crippen LogP contribution >= 0.6 is 11.6 Å². The normalized spacial score (nSPS) is 26.7. The van der Waals surface area contributed by atoms with Crippen LogP contribution in [0.2, 0.25) is 5.28 Å². The van der Waals surface area contributed by atoms with Gasteiger partial charge in [0.05, 0.1) is 12.6 Å². The molecule has 1 aromatic carbocycles. The molecule has 2 unspecified atom stereocenters. The van der Waals surface area contributed by atoms with Gasteiger partial charge in [-0.2, -0.15) is 9.97 Å². The van der Waals surface area contributed by atoms with Gasteiger partial charge in [-0.05, 0) is 61.4 Å². The molecule has 4 heterocycles. The third kappa shape index (κ3) is 5.20. The minimum absolute atomic E-state index is 0.0196. The van der Waals surface area contributed by atoms with Crippen molar-refractivity contribution in [1.82, 2.24) is 29.9 Å². The standard InChI is InChI=1S/C27H33ClF3N7O/c1-3-20-14-36(24-22-25(33-26(28)32-24)38(35-34-22)15-21-5-4-10-39-21)16(2)13-37(20)23(18-11-27(30,31)12-18)17-6-8-19(29)9-7-17/h6-9,16,18,20-21,23H,3-5,10-15H2,1-2H3/t16-,20+,21?,23?/m0/s1. The molecule has 210 valence electrons. The Labute approximate surface area is 230 Å². The summed E-state index contributed by atoms with van der Waals surface area (Å²) in [4.78, 5) is 13.5. The van der Waals surface area contributed by atoms with E-state index in [4.69, 9.17) is 16.3 Å². The van der Waals surface area contributed by atoms with E-state index >= 15 is 0 Å². The molecule has 2 saturated heterocycles. The molecule has 0 bridgehead atoms. The van der Waals surface area contributed by atoms with Gasteiger partial charge in [0.2, 0.25) is 11.2 Å². The summed E-state index contributed by atoms with van der Waals surface area (Å²) in [6.07, 6.45) is 2.55. The zero-order chi connectivity index (χ0) is 27.3. The van der Waals surface area contributed by atoms with Gasteiger partial charge in [0.25, 0.3) is 0 Å². The van der Waals surface area contributed by atoms with Crippen molar-refractivity contribution in [2.75, 3.05) is 24.6 Å². The molecule has 3 aliphatic rings. The van der Waals surface area contributed by atoms with Gasteiger partial charge >= 0.3 is 0 Å². The first-order valence-corrected chi connectivity index (χ1v) is 14.1. The van der Waals surface area contributed by atoms with Gasteiger partial charge in [0, 0.05) is 50.7 Å². The highest BCUT2D eigenvalue weighted by Gasteiger charge is 2.51. The Morgan fingerprint density at radius 1 is 1.15 bits per heavy atom. The third-order valence-electron chi connectivity index (χ3n) is 8.48. The quantitative estimate of drug-likeness (QED) is 0.363. The molecule has 1 aliphatic carbocycles. The van der Waals surface area contributed by atoms with E-state index < -0.39 is 5.92 Å². The number of ether oxygens (including phenoxy) is 1. The molecule has 0 spiro atoms. The van der Waals surface area contributed by atoms with Crippen LogP contribution in [0.3, 0.4) is 0 Å². The van der Waals surface area contributed by atoms with Crippen molar-refractivity contribution < 1.29 is 17.9 Å². The zero-order valence-electron chi connectivity index (χ0n) is 22.1. The molecule has 8 nitrogen and oxygen atoms in total. The Morgan fingerprint density at radius 3 is 2.59 bits per heavy atom. The molecule has 0 radical (unpaired) electrons. The Balaban J connectivity index is 1.30. The van der Waals surface area contributed by atoms with Gasteiger partial charge in [-0.15, -0.1) is 5.10 Å². The molecule has 6 rings (SSSR count). The maximum Gasteiger partial charge on any atom is 0.248 e. The highest BCUT2D eigenvalue weighted by atomic mass is 35.5. The summed E-state index contributed by atoms with van der Waals surface area (Å²) in [7, 11) is 0. The fraction of sp³-hybridized carbons (Fsp3) is 0.630. The average Bonchev–Trinajstić information content (AvgIpc) is 3.54. The van der Waals surface area contributed by atoms with E-state index in [2.05, 4.69) is 43.9 Å². The molecule has 3 aromatic rings. The number of fused-ring (bicyclic) bond motifs is 1. The summed E-state index contributed by atoms with van der Waals surface area (Å²) < 4.78 is 49.3. The highest BCUT2D eigenvalue weighted by Crippen LogP contribution is 2.51. The number of aromatic nitrogens is 5. The monoisotopic (exact) mass is 563 g/mol. The second-order valence-electron chi connectivity index (χ2n) is 11.2. The van der Waals surface area contributed by atoms with Gasteiger partial charge in [-0.25, -0.2) is 17.9 Å². The second-order valence-corrected chi connectivity index (χ2v) is 11.5. The largest absolute Gasteiger partial charge is 0.376 e. The number of alkyl halides is 2. The first-order chi connectivity index (χ1) is 18.7. The van der Waals surface area contributed by atoms with Crippen LogP contribution in [0.25, 0.3) is 11.2 Å². The lowest BCUT2D eigenvalue weighted by Gasteiger charge is -2.53. The molecular formula is C27H33ClF3N7O. The van der Waals surface area contributed by atoms with Crippen molar-refractivity contribution in [2.45, 2.75) is 82.6 Å². The molecular weight excluding hydrogens is 531 g/mol. The van der Waals surface area contributed by atoms with Crippen molar-refractivity contribution >= 4 is 28.6 Å². The summed E-state index contributed by atoms with van der Waals surface area (Å²) in [5.74, 6) is -2.55. The lowest BCUT2D eigenvalue weighted by atomic mass is 9.73. The topological polar surface area (TPSA) is 72.2 Å². The van der Waals surface area contributed by atoms with Crippen LogP contribution in [0, 0.1) is 11.7 Å². The number of rotatable bonds is 7. The highest BCUT2D eigenvalue weighted by molar-refractivity contribution is 6.28. The SMILES string of the molecule is CC[C@@H]1CN(c2nc(Cl)nc3c2nnn3CC2CCCO2)[C@@H](C)CN1C(c1ccc(F)cc1)C1CC(F)(F)C1. The molecule has 4 atom stereocenters. The van der Waals surface area contributed by atoms with E-state index in [1.807, 2.05) is 0 Å². The maximum atomic E-state index is 14.0. The zero-order valence-corrected chi connectivity index (χ0v) is 22.9. The van der Waals surface area contributed by atoms with Crippen LogP contribution in [0.15, 0.2) is 24.3 Å². The number of nitrogens with zero attached hydrogens (tertiary/aromatic N) is 7. The van der Waals surface area contributed by atoms with E-state index in [-0.39, 0.29) is 54.1 Å². The third-order valence-corrected chi connectivity index (χ3v) is 8.65. The summed E-state index contributed by atoms with van der Waals surface area (Å²) >= 11 is 6.41. The lowest BCUT2D eigenvalue weighted by molar-refractivity contribution is -0.137. The van der Waals surface area contributed by atoms with Crippen LogP contribution in [0.4, 0.5) is 19.0 Å². The average molecular weight is 564 g/mol. The Morgan fingerprint density at radius 2 is 1.92 bits per heavy atom. The number of halogens is 4. The van der Waals surface area contributed by atoms with Crippen molar-refractivity contribution in [2.24, 2.45) is 5.92 Å². The molecule has 0 N–H and O–H groups in total. The van der Waals surface area contributed by atoms with Crippen LogP contribution in [0.5, 0.6) is 0 Å².